The second-order valence-corrected chi connectivity index (χ2v) is 5.74. The molecule has 0 radical (unpaired) electrons. The lowest BCUT2D eigenvalue weighted by Gasteiger charge is -2.26. The number of halogens is 1. The molecule has 0 aromatic heterocycles. The number of ether oxygens (including phenoxy) is 2. The molecule has 2 rings (SSSR count). The van der Waals surface area contributed by atoms with Gasteiger partial charge in [0.1, 0.15) is 11.4 Å². The third kappa shape index (κ3) is 4.09. The van der Waals surface area contributed by atoms with E-state index in [2.05, 4.69) is 5.32 Å². The molecule has 116 valence electrons. The number of hydrogen-bond donors (Lipinski definition) is 2. The number of rotatable bonds is 5. The fourth-order valence-corrected chi connectivity index (χ4v) is 2.37. The van der Waals surface area contributed by atoms with Crippen molar-refractivity contribution in [3.63, 3.8) is 0 Å². The molecule has 1 aliphatic rings. The molecule has 1 aromatic rings. The molecular weight excluding hydrogens is 294 g/mol. The quantitative estimate of drug-likeness (QED) is 0.869. The molecule has 1 saturated heterocycles. The van der Waals surface area contributed by atoms with Crippen molar-refractivity contribution in [1.82, 2.24) is 5.32 Å². The Hall–Kier alpha value is -1.30. The van der Waals surface area contributed by atoms with E-state index in [1.165, 1.54) is 0 Å². The first-order valence-electron chi connectivity index (χ1n) is 6.94. The van der Waals surface area contributed by atoms with E-state index in [9.17, 15) is 9.90 Å². The molecule has 0 aliphatic carbocycles. The molecule has 5 nitrogen and oxygen atoms in total. The van der Waals surface area contributed by atoms with Gasteiger partial charge in [-0.05, 0) is 32.0 Å². The summed E-state index contributed by atoms with van der Waals surface area (Å²) in [6.07, 6.45) is -0.454. The monoisotopic (exact) mass is 313 g/mol. The van der Waals surface area contributed by atoms with Crippen molar-refractivity contribution in [3.8, 4) is 5.75 Å². The van der Waals surface area contributed by atoms with Crippen LogP contribution < -0.4 is 10.1 Å². The first kappa shape index (κ1) is 16.1. The maximum absolute atomic E-state index is 12.0. The predicted molar refractivity (Wildman–Crippen MR) is 79.5 cm³/mol. The summed E-state index contributed by atoms with van der Waals surface area (Å²) in [6, 6.07) is 6.86. The number of benzene rings is 1. The Morgan fingerprint density at radius 1 is 1.67 bits per heavy atom. The number of carbonyl (C=O) groups is 1. The molecule has 2 N–H and O–H groups in total. The van der Waals surface area contributed by atoms with E-state index in [4.69, 9.17) is 21.1 Å². The smallest absolute Gasteiger partial charge is 0.260 e. The second-order valence-electron chi connectivity index (χ2n) is 5.30. The van der Waals surface area contributed by atoms with Gasteiger partial charge in [0.15, 0.2) is 6.10 Å². The van der Waals surface area contributed by atoms with Crippen LogP contribution in [0, 0.1) is 0 Å². The summed E-state index contributed by atoms with van der Waals surface area (Å²) in [4.78, 5) is 12.0. The second kappa shape index (κ2) is 6.64. The molecule has 1 aromatic carbocycles. The van der Waals surface area contributed by atoms with Crippen LogP contribution in [-0.4, -0.2) is 42.0 Å². The Kier molecular flexibility index (Phi) is 5.08. The van der Waals surface area contributed by atoms with Gasteiger partial charge in [0.2, 0.25) is 0 Å². The minimum Gasteiger partial charge on any atom is -0.481 e. The molecule has 0 spiro atoms. The highest BCUT2D eigenvalue weighted by molar-refractivity contribution is 6.30. The van der Waals surface area contributed by atoms with Gasteiger partial charge in [0.25, 0.3) is 5.91 Å². The van der Waals surface area contributed by atoms with Gasteiger partial charge in [-0.15, -0.1) is 0 Å². The van der Waals surface area contributed by atoms with Gasteiger partial charge in [-0.2, -0.15) is 0 Å². The Morgan fingerprint density at radius 2 is 2.43 bits per heavy atom. The molecule has 0 bridgehead atoms. The van der Waals surface area contributed by atoms with Gasteiger partial charge in [-0.3, -0.25) is 4.79 Å². The van der Waals surface area contributed by atoms with Crippen LogP contribution in [0.4, 0.5) is 0 Å². The van der Waals surface area contributed by atoms with E-state index >= 15 is 0 Å². The maximum Gasteiger partial charge on any atom is 0.260 e. The lowest BCUT2D eigenvalue weighted by Crippen LogP contribution is -2.49. The van der Waals surface area contributed by atoms with Crippen LogP contribution in [0.25, 0.3) is 0 Å². The summed E-state index contributed by atoms with van der Waals surface area (Å²) in [7, 11) is 0. The largest absolute Gasteiger partial charge is 0.481 e. The lowest BCUT2D eigenvalue weighted by atomic mass is 9.97. The molecular formula is C15H20ClNO4. The van der Waals surface area contributed by atoms with E-state index in [0.717, 1.165) is 0 Å². The van der Waals surface area contributed by atoms with E-state index in [-0.39, 0.29) is 18.6 Å². The van der Waals surface area contributed by atoms with Gasteiger partial charge in [-0.25, -0.2) is 0 Å². The van der Waals surface area contributed by atoms with Gasteiger partial charge in [0, 0.05) is 24.6 Å². The topological polar surface area (TPSA) is 67.8 Å². The lowest BCUT2D eigenvalue weighted by molar-refractivity contribution is -0.129. The van der Waals surface area contributed by atoms with Crippen molar-refractivity contribution >= 4 is 17.5 Å². The van der Waals surface area contributed by atoms with Crippen LogP contribution in [0.2, 0.25) is 5.02 Å². The molecule has 1 aliphatic heterocycles. The van der Waals surface area contributed by atoms with E-state index in [0.29, 0.717) is 23.8 Å². The highest BCUT2D eigenvalue weighted by Crippen LogP contribution is 2.24. The van der Waals surface area contributed by atoms with Crippen LogP contribution in [0.15, 0.2) is 24.3 Å². The molecule has 21 heavy (non-hydrogen) atoms. The van der Waals surface area contributed by atoms with E-state index in [1.807, 2.05) is 0 Å². The first-order chi connectivity index (χ1) is 9.90. The van der Waals surface area contributed by atoms with Crippen LogP contribution in [0.1, 0.15) is 20.3 Å². The SMILES string of the molecule is CC(Oc1cccc(Cl)c1)C(=O)NCC1(O)CCOC1C. The summed E-state index contributed by atoms with van der Waals surface area (Å²) in [5.41, 5.74) is -1.01. The van der Waals surface area contributed by atoms with Crippen LogP contribution in [0.3, 0.4) is 0 Å². The number of hydrogen-bond acceptors (Lipinski definition) is 4. The van der Waals surface area contributed by atoms with Crippen molar-refractivity contribution in [3.05, 3.63) is 29.3 Å². The molecule has 3 unspecified atom stereocenters. The molecule has 1 amide bonds. The minimum absolute atomic E-state index is 0.149. The minimum atomic E-state index is -1.01. The fourth-order valence-electron chi connectivity index (χ4n) is 2.18. The van der Waals surface area contributed by atoms with Crippen molar-refractivity contribution in [2.75, 3.05) is 13.2 Å². The first-order valence-corrected chi connectivity index (χ1v) is 7.32. The maximum atomic E-state index is 12.0. The molecule has 1 heterocycles. The fraction of sp³-hybridized carbons (Fsp3) is 0.533. The highest BCUT2D eigenvalue weighted by Gasteiger charge is 2.39. The average Bonchev–Trinajstić information content (AvgIpc) is 2.76. The molecule has 0 saturated carbocycles. The highest BCUT2D eigenvalue weighted by atomic mass is 35.5. The summed E-state index contributed by atoms with van der Waals surface area (Å²) in [5, 5.41) is 13.6. The Bertz CT molecular complexity index is 510. The Balaban J connectivity index is 1.85. The van der Waals surface area contributed by atoms with E-state index < -0.39 is 11.7 Å². The summed E-state index contributed by atoms with van der Waals surface area (Å²) < 4.78 is 10.8. The number of amides is 1. The van der Waals surface area contributed by atoms with Gasteiger partial charge in [0.05, 0.1) is 6.10 Å². The predicted octanol–water partition coefficient (Wildman–Crippen LogP) is 1.76. The normalized spacial score (nSPS) is 26.4. The number of carbonyl (C=O) groups excluding carboxylic acids is 1. The number of aliphatic hydroxyl groups is 1. The zero-order valence-electron chi connectivity index (χ0n) is 12.1. The number of nitrogens with one attached hydrogen (secondary N) is 1. The standard InChI is InChI=1S/C15H20ClNO4/c1-10(21-13-5-3-4-12(16)8-13)14(18)17-9-15(19)6-7-20-11(15)2/h3-5,8,10-11,19H,6-7,9H2,1-2H3,(H,17,18). The van der Waals surface area contributed by atoms with Crippen molar-refractivity contribution in [2.45, 2.75) is 38.1 Å². The average molecular weight is 314 g/mol. The van der Waals surface area contributed by atoms with Gasteiger partial charge in [-0.1, -0.05) is 17.7 Å². The Labute approximate surface area is 129 Å². The zero-order valence-corrected chi connectivity index (χ0v) is 12.9. The zero-order chi connectivity index (χ0) is 15.5. The van der Waals surface area contributed by atoms with Crippen molar-refractivity contribution in [1.29, 1.82) is 0 Å². The van der Waals surface area contributed by atoms with Crippen LogP contribution >= 0.6 is 11.6 Å². The van der Waals surface area contributed by atoms with Crippen LogP contribution in [-0.2, 0) is 9.53 Å². The van der Waals surface area contributed by atoms with Gasteiger partial charge >= 0.3 is 0 Å². The summed E-state index contributed by atoms with van der Waals surface area (Å²) in [6.45, 7) is 4.10. The van der Waals surface area contributed by atoms with Gasteiger partial charge < -0.3 is 19.9 Å². The third-order valence-electron chi connectivity index (χ3n) is 3.71. The van der Waals surface area contributed by atoms with Crippen LogP contribution in [0.5, 0.6) is 5.75 Å². The summed E-state index contributed by atoms with van der Waals surface area (Å²) >= 11 is 5.86. The molecule has 3 atom stereocenters. The molecule has 1 fully saturated rings. The Morgan fingerprint density at radius 3 is 3.05 bits per heavy atom. The van der Waals surface area contributed by atoms with E-state index in [1.54, 1.807) is 38.1 Å². The molecule has 6 heteroatoms. The third-order valence-corrected chi connectivity index (χ3v) is 3.94. The van der Waals surface area contributed by atoms with Crippen molar-refractivity contribution < 1.29 is 19.4 Å². The van der Waals surface area contributed by atoms with Crippen molar-refractivity contribution in [2.24, 2.45) is 0 Å². The summed E-state index contributed by atoms with van der Waals surface area (Å²) in [5.74, 6) is 0.240.